The summed E-state index contributed by atoms with van der Waals surface area (Å²) in [6.07, 6.45) is 1.91. The molecule has 0 atom stereocenters. The molecule has 0 spiro atoms. The number of sulfonamides is 1. The first-order chi connectivity index (χ1) is 20.4. The number of nitrogens with one attached hydrogen (secondary N) is 1. The summed E-state index contributed by atoms with van der Waals surface area (Å²) in [6, 6.07) is 29.2. The highest BCUT2D eigenvalue weighted by Gasteiger charge is 2.21. The number of rotatable bonds is 13. The predicted molar refractivity (Wildman–Crippen MR) is 162 cm³/mol. The number of benzene rings is 4. The van der Waals surface area contributed by atoms with Crippen LogP contribution in [0.5, 0.6) is 11.5 Å². The molecule has 5 aromatic rings. The molecule has 0 unspecified atom stereocenters. The largest absolute Gasteiger partial charge is 0.497 e. The van der Waals surface area contributed by atoms with Crippen LogP contribution >= 0.6 is 0 Å². The smallest absolute Gasteiger partial charge is 0.303 e. The molecule has 9 nitrogen and oxygen atoms in total. The van der Waals surface area contributed by atoms with Gasteiger partial charge in [0.25, 0.3) is 10.0 Å². The molecule has 0 saturated heterocycles. The van der Waals surface area contributed by atoms with Crippen LogP contribution in [0.4, 0.5) is 5.69 Å². The number of nitrogens with zero attached hydrogens (tertiary/aromatic N) is 2. The van der Waals surface area contributed by atoms with E-state index in [0.29, 0.717) is 42.1 Å². The maximum Gasteiger partial charge on any atom is 0.303 e. The van der Waals surface area contributed by atoms with Gasteiger partial charge in [0.2, 0.25) is 0 Å². The van der Waals surface area contributed by atoms with Gasteiger partial charge in [-0.05, 0) is 61.7 Å². The van der Waals surface area contributed by atoms with E-state index in [1.807, 2.05) is 65.2 Å². The Hall–Kier alpha value is -4.83. The van der Waals surface area contributed by atoms with E-state index in [4.69, 9.17) is 19.6 Å². The van der Waals surface area contributed by atoms with Gasteiger partial charge in [0.15, 0.2) is 0 Å². The molecule has 0 aliphatic heterocycles. The van der Waals surface area contributed by atoms with Crippen LogP contribution in [0.1, 0.15) is 25.7 Å². The molecule has 4 aromatic carbocycles. The number of carboxylic acid groups (broad SMARTS) is 1. The van der Waals surface area contributed by atoms with Crippen molar-refractivity contribution >= 4 is 32.7 Å². The lowest BCUT2D eigenvalue weighted by molar-refractivity contribution is -0.137. The number of anilines is 1. The molecule has 5 rings (SSSR count). The molecule has 2 N–H and O–H groups in total. The topological polar surface area (TPSA) is 120 Å². The van der Waals surface area contributed by atoms with Crippen LogP contribution in [0.25, 0.3) is 28.1 Å². The molecular formula is C32H31N3O6S. The minimum Gasteiger partial charge on any atom is -0.497 e. The van der Waals surface area contributed by atoms with Gasteiger partial charge < -0.3 is 14.6 Å². The van der Waals surface area contributed by atoms with Crippen LogP contribution in [0.15, 0.2) is 102 Å². The highest BCUT2D eigenvalue weighted by Crippen LogP contribution is 2.36. The Morgan fingerprint density at radius 1 is 0.905 bits per heavy atom. The lowest BCUT2D eigenvalue weighted by atomic mass is 10.2. The molecular weight excluding hydrogens is 554 g/mol. The van der Waals surface area contributed by atoms with Crippen molar-refractivity contribution in [3.8, 4) is 28.6 Å². The maximum atomic E-state index is 13.4. The van der Waals surface area contributed by atoms with E-state index < -0.39 is 16.0 Å². The molecule has 0 bridgehead atoms. The number of fused-ring (bicyclic) bond motifs is 1. The van der Waals surface area contributed by atoms with Crippen molar-refractivity contribution in [2.75, 3.05) is 18.4 Å². The molecule has 0 fully saturated rings. The zero-order chi connectivity index (χ0) is 29.5. The third kappa shape index (κ3) is 6.55. The first-order valence-corrected chi connectivity index (χ1v) is 15.0. The number of aliphatic carboxylic acids is 1. The van der Waals surface area contributed by atoms with Crippen molar-refractivity contribution in [2.24, 2.45) is 0 Å². The van der Waals surface area contributed by atoms with E-state index >= 15 is 0 Å². The number of unbranched alkanes of at least 4 members (excludes halogenated alkanes) is 2. The average molecular weight is 586 g/mol. The second-order valence-electron chi connectivity index (χ2n) is 9.64. The molecule has 0 saturated carbocycles. The Balaban J connectivity index is 1.57. The maximum absolute atomic E-state index is 13.4. The first-order valence-electron chi connectivity index (χ1n) is 13.5. The fraction of sp³-hybridized carbons (Fsp3) is 0.188. The number of imidazole rings is 1. The zero-order valence-corrected chi connectivity index (χ0v) is 23.9. The van der Waals surface area contributed by atoms with Crippen LogP contribution in [0.3, 0.4) is 0 Å². The minimum absolute atomic E-state index is 0.0720. The van der Waals surface area contributed by atoms with Gasteiger partial charge in [0.05, 0.1) is 35.3 Å². The lowest BCUT2D eigenvalue weighted by Crippen LogP contribution is -2.14. The SMILES string of the molecule is COc1ccc(S(=O)(=O)Nc2cc3nc(-c4ccccc4)n(-c4ccccc4)c3cc2OCCCCCC(=O)O)cc1. The van der Waals surface area contributed by atoms with Gasteiger partial charge in [-0.2, -0.15) is 0 Å². The number of hydrogen-bond acceptors (Lipinski definition) is 6. The third-order valence-electron chi connectivity index (χ3n) is 6.71. The Morgan fingerprint density at radius 3 is 2.26 bits per heavy atom. The average Bonchev–Trinajstić information content (AvgIpc) is 3.37. The van der Waals surface area contributed by atoms with Gasteiger partial charge in [-0.3, -0.25) is 14.1 Å². The number of carboxylic acids is 1. The van der Waals surface area contributed by atoms with Crippen molar-refractivity contribution in [2.45, 2.75) is 30.6 Å². The van der Waals surface area contributed by atoms with Crippen molar-refractivity contribution < 1.29 is 27.8 Å². The summed E-state index contributed by atoms with van der Waals surface area (Å²) >= 11 is 0. The number of ether oxygens (including phenoxy) is 2. The van der Waals surface area contributed by atoms with Gasteiger partial charge in [-0.15, -0.1) is 0 Å². The van der Waals surface area contributed by atoms with Crippen molar-refractivity contribution in [3.63, 3.8) is 0 Å². The van der Waals surface area contributed by atoms with Crippen molar-refractivity contribution in [3.05, 3.63) is 97.1 Å². The molecule has 42 heavy (non-hydrogen) atoms. The Morgan fingerprint density at radius 2 is 1.60 bits per heavy atom. The highest BCUT2D eigenvalue weighted by atomic mass is 32.2. The highest BCUT2D eigenvalue weighted by molar-refractivity contribution is 7.92. The van der Waals surface area contributed by atoms with Crippen LogP contribution in [-0.2, 0) is 14.8 Å². The third-order valence-corrected chi connectivity index (χ3v) is 8.09. The second-order valence-corrected chi connectivity index (χ2v) is 11.3. The van der Waals surface area contributed by atoms with Gasteiger partial charge in [0, 0.05) is 23.7 Å². The summed E-state index contributed by atoms with van der Waals surface area (Å²) in [5.74, 6) is 0.753. The molecule has 216 valence electrons. The van der Waals surface area contributed by atoms with E-state index in [9.17, 15) is 13.2 Å². The minimum atomic E-state index is -3.97. The van der Waals surface area contributed by atoms with Crippen LogP contribution in [-0.4, -0.2) is 42.8 Å². The molecule has 0 aliphatic rings. The lowest BCUT2D eigenvalue weighted by Gasteiger charge is -2.15. The molecule has 10 heteroatoms. The van der Waals surface area contributed by atoms with Crippen LogP contribution in [0, 0.1) is 0 Å². The first kappa shape index (κ1) is 28.7. The van der Waals surface area contributed by atoms with Gasteiger partial charge >= 0.3 is 5.97 Å². The number of hydrogen-bond donors (Lipinski definition) is 2. The Kier molecular flexibility index (Phi) is 8.73. The van der Waals surface area contributed by atoms with E-state index in [2.05, 4.69) is 4.72 Å². The monoisotopic (exact) mass is 585 g/mol. The van der Waals surface area contributed by atoms with Gasteiger partial charge in [0.1, 0.15) is 17.3 Å². The number of aromatic nitrogens is 2. The van der Waals surface area contributed by atoms with E-state index in [-0.39, 0.29) is 23.6 Å². The van der Waals surface area contributed by atoms with Crippen LogP contribution in [0.2, 0.25) is 0 Å². The summed E-state index contributed by atoms with van der Waals surface area (Å²) in [4.78, 5) is 15.8. The summed E-state index contributed by atoms with van der Waals surface area (Å²) in [7, 11) is -2.46. The zero-order valence-electron chi connectivity index (χ0n) is 23.1. The summed E-state index contributed by atoms with van der Waals surface area (Å²) in [5, 5.41) is 8.91. The van der Waals surface area contributed by atoms with E-state index in [1.165, 1.54) is 19.2 Å². The second kappa shape index (κ2) is 12.8. The van der Waals surface area contributed by atoms with Gasteiger partial charge in [-0.1, -0.05) is 48.5 Å². The normalized spacial score (nSPS) is 11.4. The predicted octanol–water partition coefficient (Wildman–Crippen LogP) is 6.53. The number of methoxy groups -OCH3 is 1. The van der Waals surface area contributed by atoms with E-state index in [0.717, 1.165) is 16.8 Å². The number of para-hydroxylation sites is 1. The van der Waals surface area contributed by atoms with Gasteiger partial charge in [-0.25, -0.2) is 13.4 Å². The molecule has 0 aliphatic carbocycles. The van der Waals surface area contributed by atoms with Crippen molar-refractivity contribution in [1.29, 1.82) is 0 Å². The standard InChI is InChI=1S/C32H31N3O6S/c1-40-25-16-18-26(19-17-25)42(38,39)34-28-21-27-29(22-30(28)41-20-10-4-9-15-31(36)37)35(24-13-7-3-8-14-24)32(33-27)23-11-5-2-6-12-23/h2-3,5-8,11-14,16-19,21-22,34H,4,9-10,15,20H2,1H3,(H,36,37). The molecule has 1 aromatic heterocycles. The van der Waals surface area contributed by atoms with E-state index in [1.54, 1.807) is 24.3 Å². The summed E-state index contributed by atoms with van der Waals surface area (Å²) in [5.41, 5.74) is 3.37. The molecule has 0 radical (unpaired) electrons. The quantitative estimate of drug-likeness (QED) is 0.151. The fourth-order valence-electron chi connectivity index (χ4n) is 4.62. The molecule has 1 heterocycles. The molecule has 0 amide bonds. The fourth-order valence-corrected chi connectivity index (χ4v) is 5.68. The number of carbonyl (C=O) groups is 1. The Labute approximate surface area is 244 Å². The Bertz CT molecular complexity index is 1770. The van der Waals surface area contributed by atoms with Crippen molar-refractivity contribution in [1.82, 2.24) is 9.55 Å². The summed E-state index contributed by atoms with van der Waals surface area (Å²) < 4.78 is 42.8. The van der Waals surface area contributed by atoms with Crippen LogP contribution < -0.4 is 14.2 Å². The summed E-state index contributed by atoms with van der Waals surface area (Å²) in [6.45, 7) is 0.285.